The molecule has 0 aliphatic rings. The first kappa shape index (κ1) is 13.1. The van der Waals surface area contributed by atoms with Gasteiger partial charge in [0, 0.05) is 12.1 Å². The second-order valence-corrected chi connectivity index (χ2v) is 4.00. The van der Waals surface area contributed by atoms with Crippen LogP contribution in [0.1, 0.15) is 0 Å². The molecule has 0 bridgehead atoms. The Kier molecular flexibility index (Phi) is 3.52. The van der Waals surface area contributed by atoms with Crippen LogP contribution in [0.15, 0.2) is 36.4 Å². The van der Waals surface area contributed by atoms with Gasteiger partial charge in [0.15, 0.2) is 0 Å². The van der Waals surface area contributed by atoms with E-state index in [1.165, 1.54) is 24.3 Å². The molecule has 0 radical (unpaired) electrons. The molecule has 19 heavy (non-hydrogen) atoms. The van der Waals surface area contributed by atoms with Gasteiger partial charge in [-0.15, -0.1) is 0 Å². The lowest BCUT2D eigenvalue weighted by Crippen LogP contribution is -1.95. The number of halogens is 2. The number of phenolic OH excluding ortho intramolecular Hbond substituents is 1. The predicted molar refractivity (Wildman–Crippen MR) is 66.2 cm³/mol. The smallest absolute Gasteiger partial charge is 0.314 e. The number of nitro benzene ring substituents is 1. The van der Waals surface area contributed by atoms with Gasteiger partial charge >= 0.3 is 5.69 Å². The highest BCUT2D eigenvalue weighted by Crippen LogP contribution is 2.36. The minimum Gasteiger partial charge on any atom is -0.508 e. The summed E-state index contributed by atoms with van der Waals surface area (Å²) in [5.74, 6) is -1.00. The van der Waals surface area contributed by atoms with E-state index in [2.05, 4.69) is 0 Å². The van der Waals surface area contributed by atoms with Crippen LogP contribution in [0.5, 0.6) is 17.2 Å². The predicted octanol–water partition coefficient (Wildman–Crippen LogP) is 3.89. The van der Waals surface area contributed by atoms with E-state index in [0.717, 1.165) is 6.07 Å². The number of hydrogen-bond donors (Lipinski definition) is 1. The van der Waals surface area contributed by atoms with Crippen molar-refractivity contribution in [2.24, 2.45) is 0 Å². The van der Waals surface area contributed by atoms with Crippen LogP contribution in [0.3, 0.4) is 0 Å². The third-order valence-corrected chi connectivity index (χ3v) is 2.53. The van der Waals surface area contributed by atoms with E-state index in [9.17, 15) is 19.6 Å². The molecule has 1 N–H and O–H groups in total. The molecule has 2 aromatic rings. The maximum absolute atomic E-state index is 13.2. The first-order valence-corrected chi connectivity index (χ1v) is 5.45. The zero-order valence-electron chi connectivity index (χ0n) is 9.34. The van der Waals surface area contributed by atoms with Gasteiger partial charge in [0.25, 0.3) is 0 Å². The van der Waals surface area contributed by atoms with E-state index in [1.54, 1.807) is 0 Å². The molecule has 98 valence electrons. The SMILES string of the molecule is O=[N+]([O-])c1cc(F)c(Cl)cc1Oc1cccc(O)c1. The van der Waals surface area contributed by atoms with Crippen molar-refractivity contribution in [3.8, 4) is 17.2 Å². The van der Waals surface area contributed by atoms with Gasteiger partial charge in [-0.25, -0.2) is 4.39 Å². The lowest BCUT2D eigenvalue weighted by atomic mass is 10.2. The summed E-state index contributed by atoms with van der Waals surface area (Å²) in [5.41, 5.74) is -0.551. The minimum absolute atomic E-state index is 0.0617. The number of nitrogens with zero attached hydrogens (tertiary/aromatic N) is 1. The second-order valence-electron chi connectivity index (χ2n) is 3.59. The van der Waals surface area contributed by atoms with Crippen molar-refractivity contribution in [2.45, 2.75) is 0 Å². The fraction of sp³-hybridized carbons (Fsp3) is 0. The molecule has 5 nitrogen and oxygen atoms in total. The van der Waals surface area contributed by atoms with E-state index < -0.39 is 16.4 Å². The fourth-order valence-electron chi connectivity index (χ4n) is 1.42. The zero-order valence-corrected chi connectivity index (χ0v) is 10.1. The molecular formula is C12H7ClFNO4. The number of hydrogen-bond acceptors (Lipinski definition) is 4. The Morgan fingerprint density at radius 2 is 2.05 bits per heavy atom. The fourth-order valence-corrected chi connectivity index (χ4v) is 1.57. The Hall–Kier alpha value is -2.34. The minimum atomic E-state index is -0.906. The van der Waals surface area contributed by atoms with Crippen molar-refractivity contribution in [2.75, 3.05) is 0 Å². The molecular weight excluding hydrogens is 277 g/mol. The second kappa shape index (κ2) is 5.11. The summed E-state index contributed by atoms with van der Waals surface area (Å²) in [6.45, 7) is 0. The molecule has 0 aliphatic carbocycles. The Labute approximate surface area is 112 Å². The summed E-state index contributed by atoms with van der Waals surface area (Å²) < 4.78 is 18.4. The van der Waals surface area contributed by atoms with Gasteiger partial charge in [-0.2, -0.15) is 0 Å². The standard InChI is InChI=1S/C12H7ClFNO4/c13-9-5-12(11(15(17)18)6-10(9)14)19-8-3-1-2-7(16)4-8/h1-6,16H. The summed E-state index contributed by atoms with van der Waals surface area (Å²) in [7, 11) is 0. The maximum atomic E-state index is 13.2. The van der Waals surface area contributed by atoms with Crippen molar-refractivity contribution < 1.29 is 19.2 Å². The molecule has 0 amide bonds. The maximum Gasteiger partial charge on any atom is 0.314 e. The van der Waals surface area contributed by atoms with Gasteiger partial charge in [0.2, 0.25) is 5.75 Å². The Morgan fingerprint density at radius 1 is 1.32 bits per heavy atom. The highest BCUT2D eigenvalue weighted by atomic mass is 35.5. The van der Waals surface area contributed by atoms with Crippen LogP contribution < -0.4 is 4.74 Å². The van der Waals surface area contributed by atoms with Gasteiger partial charge in [0.05, 0.1) is 16.0 Å². The molecule has 0 atom stereocenters. The lowest BCUT2D eigenvalue weighted by molar-refractivity contribution is -0.385. The summed E-state index contributed by atoms with van der Waals surface area (Å²) in [4.78, 5) is 10.0. The first-order chi connectivity index (χ1) is 8.97. The Bertz CT molecular complexity index is 648. The molecule has 0 aliphatic heterocycles. The monoisotopic (exact) mass is 283 g/mol. The largest absolute Gasteiger partial charge is 0.508 e. The van der Waals surface area contributed by atoms with Crippen LogP contribution in [0, 0.1) is 15.9 Å². The van der Waals surface area contributed by atoms with Crippen LogP contribution in [0.25, 0.3) is 0 Å². The van der Waals surface area contributed by atoms with Crippen molar-refractivity contribution >= 4 is 17.3 Å². The van der Waals surface area contributed by atoms with Crippen molar-refractivity contribution in [1.82, 2.24) is 0 Å². The molecule has 7 heteroatoms. The summed E-state index contributed by atoms with van der Waals surface area (Å²) in [6, 6.07) is 7.36. The molecule has 0 unspecified atom stereocenters. The highest BCUT2D eigenvalue weighted by molar-refractivity contribution is 6.31. The molecule has 0 saturated carbocycles. The molecule has 2 rings (SSSR count). The highest BCUT2D eigenvalue weighted by Gasteiger charge is 2.19. The van der Waals surface area contributed by atoms with E-state index >= 15 is 0 Å². The van der Waals surface area contributed by atoms with Gasteiger partial charge < -0.3 is 9.84 Å². The average molecular weight is 284 g/mol. The first-order valence-electron chi connectivity index (χ1n) is 5.07. The Balaban J connectivity index is 2.44. The third kappa shape index (κ3) is 2.92. The number of ether oxygens (including phenoxy) is 1. The molecule has 0 spiro atoms. The number of rotatable bonds is 3. The molecule has 0 aromatic heterocycles. The Morgan fingerprint density at radius 3 is 2.68 bits per heavy atom. The third-order valence-electron chi connectivity index (χ3n) is 2.24. The van der Waals surface area contributed by atoms with E-state index in [1.807, 2.05) is 0 Å². The topological polar surface area (TPSA) is 72.6 Å². The van der Waals surface area contributed by atoms with Crippen LogP contribution in [0.2, 0.25) is 5.02 Å². The number of nitro groups is 1. The van der Waals surface area contributed by atoms with Gasteiger partial charge in [-0.05, 0) is 12.1 Å². The van der Waals surface area contributed by atoms with E-state index in [-0.39, 0.29) is 22.3 Å². The number of phenols is 1. The summed E-state index contributed by atoms with van der Waals surface area (Å²) in [5, 5.41) is 19.8. The van der Waals surface area contributed by atoms with Crippen LogP contribution in [0.4, 0.5) is 10.1 Å². The van der Waals surface area contributed by atoms with Crippen LogP contribution in [-0.4, -0.2) is 10.0 Å². The van der Waals surface area contributed by atoms with E-state index in [0.29, 0.717) is 6.07 Å². The summed E-state index contributed by atoms with van der Waals surface area (Å²) >= 11 is 5.56. The van der Waals surface area contributed by atoms with Crippen LogP contribution >= 0.6 is 11.6 Å². The lowest BCUT2D eigenvalue weighted by Gasteiger charge is -2.07. The van der Waals surface area contributed by atoms with Crippen molar-refractivity contribution in [3.05, 3.63) is 57.4 Å². The molecule has 0 fully saturated rings. The quantitative estimate of drug-likeness (QED) is 0.685. The zero-order chi connectivity index (χ0) is 14.0. The number of aromatic hydroxyl groups is 1. The summed E-state index contributed by atoms with van der Waals surface area (Å²) in [6.07, 6.45) is 0. The van der Waals surface area contributed by atoms with Crippen molar-refractivity contribution in [1.29, 1.82) is 0 Å². The van der Waals surface area contributed by atoms with Gasteiger partial charge in [0.1, 0.15) is 17.3 Å². The van der Waals surface area contributed by atoms with E-state index in [4.69, 9.17) is 16.3 Å². The van der Waals surface area contributed by atoms with Gasteiger partial charge in [-0.1, -0.05) is 17.7 Å². The number of benzene rings is 2. The average Bonchev–Trinajstić information content (AvgIpc) is 2.33. The molecule has 0 heterocycles. The molecule has 2 aromatic carbocycles. The normalized spacial score (nSPS) is 10.2. The van der Waals surface area contributed by atoms with Crippen LogP contribution in [-0.2, 0) is 0 Å². The molecule has 0 saturated heterocycles. The van der Waals surface area contributed by atoms with Crippen molar-refractivity contribution in [3.63, 3.8) is 0 Å². The van der Waals surface area contributed by atoms with Gasteiger partial charge in [-0.3, -0.25) is 10.1 Å².